The SMILES string of the molecule is N/C(=N/O)c1ccc(CNc2cc(Cl)ccc2Br)c(Cl)c1. The molecule has 21 heavy (non-hydrogen) atoms. The number of halogens is 3. The van der Waals surface area contributed by atoms with Crippen LogP contribution in [0.25, 0.3) is 0 Å². The lowest BCUT2D eigenvalue weighted by atomic mass is 10.1. The summed E-state index contributed by atoms with van der Waals surface area (Å²) >= 11 is 15.6. The van der Waals surface area contributed by atoms with E-state index in [0.717, 1.165) is 15.7 Å². The molecule has 0 atom stereocenters. The van der Waals surface area contributed by atoms with Gasteiger partial charge in [0.05, 0.1) is 5.69 Å². The Balaban J connectivity index is 2.15. The summed E-state index contributed by atoms with van der Waals surface area (Å²) in [5, 5.41) is 16.0. The molecule has 4 nitrogen and oxygen atoms in total. The lowest BCUT2D eigenvalue weighted by molar-refractivity contribution is 0.318. The predicted octanol–water partition coefficient (Wildman–Crippen LogP) is 4.46. The van der Waals surface area contributed by atoms with Crippen LogP contribution >= 0.6 is 39.1 Å². The minimum atomic E-state index is 0.0222. The molecule has 0 radical (unpaired) electrons. The topological polar surface area (TPSA) is 70.6 Å². The number of anilines is 1. The molecule has 110 valence electrons. The van der Waals surface area contributed by atoms with E-state index in [-0.39, 0.29) is 5.84 Å². The summed E-state index contributed by atoms with van der Waals surface area (Å²) in [6.07, 6.45) is 0. The molecule has 2 aromatic carbocycles. The maximum absolute atomic E-state index is 8.65. The highest BCUT2D eigenvalue weighted by Gasteiger charge is 2.06. The molecule has 0 bridgehead atoms. The quantitative estimate of drug-likeness (QED) is 0.313. The number of nitrogens with one attached hydrogen (secondary N) is 1. The molecule has 2 rings (SSSR count). The van der Waals surface area contributed by atoms with Crippen molar-refractivity contribution in [3.8, 4) is 0 Å². The van der Waals surface area contributed by atoms with Gasteiger partial charge in [0.2, 0.25) is 0 Å². The van der Waals surface area contributed by atoms with Gasteiger partial charge in [0.15, 0.2) is 5.84 Å². The van der Waals surface area contributed by atoms with Crippen molar-refractivity contribution in [3.63, 3.8) is 0 Å². The highest BCUT2D eigenvalue weighted by Crippen LogP contribution is 2.27. The number of hydrogen-bond donors (Lipinski definition) is 3. The van der Waals surface area contributed by atoms with E-state index < -0.39 is 0 Å². The zero-order valence-electron chi connectivity index (χ0n) is 10.8. The van der Waals surface area contributed by atoms with Gasteiger partial charge in [0.25, 0.3) is 0 Å². The van der Waals surface area contributed by atoms with E-state index in [2.05, 4.69) is 26.4 Å². The maximum atomic E-state index is 8.65. The molecule has 4 N–H and O–H groups in total. The van der Waals surface area contributed by atoms with Crippen molar-refractivity contribution in [3.05, 3.63) is 62.0 Å². The smallest absolute Gasteiger partial charge is 0.170 e. The summed E-state index contributed by atoms with van der Waals surface area (Å²) in [5.74, 6) is 0.0222. The first kappa shape index (κ1) is 15.9. The molecule has 2 aromatic rings. The maximum Gasteiger partial charge on any atom is 0.170 e. The number of nitrogens with zero attached hydrogens (tertiary/aromatic N) is 1. The molecular formula is C14H12BrCl2N3O. The number of rotatable bonds is 4. The second-order valence-electron chi connectivity index (χ2n) is 4.27. The highest BCUT2D eigenvalue weighted by atomic mass is 79.9. The summed E-state index contributed by atoms with van der Waals surface area (Å²) in [6.45, 7) is 0.522. The van der Waals surface area contributed by atoms with Gasteiger partial charge in [-0.2, -0.15) is 0 Å². The highest BCUT2D eigenvalue weighted by molar-refractivity contribution is 9.10. The largest absolute Gasteiger partial charge is 0.409 e. The van der Waals surface area contributed by atoms with Crippen LogP contribution in [0.2, 0.25) is 10.0 Å². The van der Waals surface area contributed by atoms with Crippen molar-refractivity contribution in [2.75, 3.05) is 5.32 Å². The van der Waals surface area contributed by atoms with E-state index in [1.54, 1.807) is 18.2 Å². The minimum Gasteiger partial charge on any atom is -0.409 e. The second-order valence-corrected chi connectivity index (χ2v) is 5.97. The average molecular weight is 389 g/mol. The van der Waals surface area contributed by atoms with Gasteiger partial charge >= 0.3 is 0 Å². The van der Waals surface area contributed by atoms with Crippen LogP contribution in [0.1, 0.15) is 11.1 Å². The van der Waals surface area contributed by atoms with E-state index in [1.807, 2.05) is 18.2 Å². The van der Waals surface area contributed by atoms with Crippen molar-refractivity contribution >= 4 is 50.7 Å². The fraction of sp³-hybridized carbons (Fsp3) is 0.0714. The molecule has 0 aliphatic rings. The van der Waals surface area contributed by atoms with Crippen LogP contribution in [-0.2, 0) is 6.54 Å². The first-order valence-corrected chi connectivity index (χ1v) is 7.51. The van der Waals surface area contributed by atoms with Crippen LogP contribution in [0.15, 0.2) is 46.0 Å². The number of nitrogens with two attached hydrogens (primary N) is 1. The number of benzene rings is 2. The standard InChI is InChI=1S/C14H12BrCl2N3O/c15-11-4-3-10(16)6-13(11)19-7-9-2-1-8(5-12(9)17)14(18)20-21/h1-6,19,21H,7H2,(H2,18,20). The lowest BCUT2D eigenvalue weighted by Crippen LogP contribution is -2.13. The summed E-state index contributed by atoms with van der Waals surface area (Å²) in [6, 6.07) is 10.7. The summed E-state index contributed by atoms with van der Waals surface area (Å²) < 4.78 is 0.913. The number of oxime groups is 1. The van der Waals surface area contributed by atoms with Crippen molar-refractivity contribution in [2.24, 2.45) is 10.9 Å². The second kappa shape index (κ2) is 7.02. The fourth-order valence-electron chi connectivity index (χ4n) is 1.73. The van der Waals surface area contributed by atoms with E-state index in [4.69, 9.17) is 34.1 Å². The molecule has 7 heteroatoms. The monoisotopic (exact) mass is 387 g/mol. The molecule has 0 aliphatic heterocycles. The zero-order chi connectivity index (χ0) is 15.4. The van der Waals surface area contributed by atoms with E-state index in [0.29, 0.717) is 22.2 Å². The molecule has 0 amide bonds. The normalized spacial score (nSPS) is 11.5. The van der Waals surface area contributed by atoms with Crippen molar-refractivity contribution in [1.29, 1.82) is 0 Å². The Morgan fingerprint density at radius 3 is 2.67 bits per heavy atom. The van der Waals surface area contributed by atoms with Gasteiger partial charge in [-0.3, -0.25) is 0 Å². The van der Waals surface area contributed by atoms with Crippen LogP contribution in [0, 0.1) is 0 Å². The Kier molecular flexibility index (Phi) is 5.33. The van der Waals surface area contributed by atoms with Gasteiger partial charge in [-0.05, 0) is 45.8 Å². The number of amidine groups is 1. The van der Waals surface area contributed by atoms with Gasteiger partial charge in [-0.1, -0.05) is 40.5 Å². The Morgan fingerprint density at radius 1 is 1.24 bits per heavy atom. The van der Waals surface area contributed by atoms with Crippen LogP contribution in [0.3, 0.4) is 0 Å². The van der Waals surface area contributed by atoms with Gasteiger partial charge < -0.3 is 16.3 Å². The number of hydrogen-bond acceptors (Lipinski definition) is 3. The molecule has 0 heterocycles. The van der Waals surface area contributed by atoms with Crippen LogP contribution in [0.5, 0.6) is 0 Å². The molecule has 0 aromatic heterocycles. The fourth-order valence-corrected chi connectivity index (χ4v) is 2.54. The summed E-state index contributed by atoms with van der Waals surface area (Å²) in [7, 11) is 0. The Hall–Kier alpha value is -1.43. The molecule has 0 saturated carbocycles. The van der Waals surface area contributed by atoms with Crippen molar-refractivity contribution in [1.82, 2.24) is 0 Å². The van der Waals surface area contributed by atoms with Gasteiger partial charge in [0.1, 0.15) is 0 Å². The van der Waals surface area contributed by atoms with Crippen molar-refractivity contribution < 1.29 is 5.21 Å². The third-order valence-electron chi connectivity index (χ3n) is 2.85. The van der Waals surface area contributed by atoms with E-state index >= 15 is 0 Å². The van der Waals surface area contributed by atoms with Gasteiger partial charge in [-0.15, -0.1) is 0 Å². The molecule has 0 fully saturated rings. The lowest BCUT2D eigenvalue weighted by Gasteiger charge is -2.11. The van der Waals surface area contributed by atoms with E-state index in [1.165, 1.54) is 0 Å². The van der Waals surface area contributed by atoms with Crippen LogP contribution in [0.4, 0.5) is 5.69 Å². The third-order valence-corrected chi connectivity index (χ3v) is 4.13. The Labute approximate surface area is 140 Å². The zero-order valence-corrected chi connectivity index (χ0v) is 13.9. The summed E-state index contributed by atoms with van der Waals surface area (Å²) in [5.41, 5.74) is 7.85. The molecule has 0 unspecified atom stereocenters. The van der Waals surface area contributed by atoms with Gasteiger partial charge in [0, 0.05) is 26.6 Å². The third kappa shape index (κ3) is 4.03. The minimum absolute atomic E-state index is 0.0222. The molecule has 0 saturated heterocycles. The van der Waals surface area contributed by atoms with Gasteiger partial charge in [-0.25, -0.2) is 0 Å². The Bertz CT molecular complexity index is 692. The predicted molar refractivity (Wildman–Crippen MR) is 90.4 cm³/mol. The Morgan fingerprint density at radius 2 is 2.00 bits per heavy atom. The van der Waals surface area contributed by atoms with Crippen LogP contribution in [-0.4, -0.2) is 11.0 Å². The summed E-state index contributed by atoms with van der Waals surface area (Å²) in [4.78, 5) is 0. The average Bonchev–Trinajstić information content (AvgIpc) is 2.48. The first-order chi connectivity index (χ1) is 10.0. The molecular weight excluding hydrogens is 377 g/mol. The van der Waals surface area contributed by atoms with Crippen molar-refractivity contribution in [2.45, 2.75) is 6.54 Å². The first-order valence-electron chi connectivity index (χ1n) is 5.96. The molecule has 0 spiro atoms. The van der Waals surface area contributed by atoms with E-state index in [9.17, 15) is 0 Å². The van der Waals surface area contributed by atoms with Crippen LogP contribution < -0.4 is 11.1 Å². The molecule has 0 aliphatic carbocycles.